The lowest BCUT2D eigenvalue weighted by Gasteiger charge is -2.35. The second-order valence-electron chi connectivity index (χ2n) is 18.6. The Morgan fingerprint density at radius 1 is 0.928 bits per heavy atom. The average Bonchev–Trinajstić information content (AvgIpc) is 4.09. The SMILES string of the molecule is CC1=C(c2ccc(CNC(=O)[C@@H]3C[C@@H](O)CN3C(=O)[C@@H](NC(=O)CCC(=O)c3ccc(Oc4ccc(C(=O)C[C@@H](C)Cn5ccc(-c6ccc(C#N)c(Cl)c6)n5)cc4)cc3)C(C)(C)C)cc2)SCN1. The van der Waals surface area contributed by atoms with E-state index in [9.17, 15) is 29.1 Å². The Hall–Kier alpha value is -6.73. The van der Waals surface area contributed by atoms with E-state index in [1.165, 1.54) is 9.81 Å². The van der Waals surface area contributed by atoms with Crippen LogP contribution in [0.2, 0.25) is 5.02 Å². The normalized spacial score (nSPS) is 16.6. The zero-order chi connectivity index (χ0) is 49.4. The van der Waals surface area contributed by atoms with Gasteiger partial charge < -0.3 is 30.7 Å². The molecule has 0 radical (unpaired) electrons. The van der Waals surface area contributed by atoms with Gasteiger partial charge in [0.25, 0.3) is 0 Å². The molecule has 69 heavy (non-hydrogen) atoms. The van der Waals surface area contributed by atoms with Gasteiger partial charge in [0.15, 0.2) is 11.6 Å². The molecular formula is C53H56ClN7O7S. The number of nitriles is 1. The number of benzene rings is 4. The number of hydrogen-bond acceptors (Lipinski definition) is 11. The summed E-state index contributed by atoms with van der Waals surface area (Å²) in [6.07, 6.45) is 1.05. The van der Waals surface area contributed by atoms with Crippen molar-refractivity contribution in [3.63, 3.8) is 0 Å². The van der Waals surface area contributed by atoms with Gasteiger partial charge in [0.05, 0.1) is 28.3 Å². The van der Waals surface area contributed by atoms with E-state index < -0.39 is 41.3 Å². The molecule has 3 amide bonds. The zero-order valence-electron chi connectivity index (χ0n) is 39.3. The fraction of sp³-hybridized carbons (Fsp3) is 0.340. The predicted octanol–water partition coefficient (Wildman–Crippen LogP) is 8.53. The molecular weight excluding hydrogens is 914 g/mol. The highest BCUT2D eigenvalue weighted by molar-refractivity contribution is 8.08. The fourth-order valence-electron chi connectivity index (χ4n) is 8.27. The lowest BCUT2D eigenvalue weighted by molar-refractivity contribution is -0.144. The minimum absolute atomic E-state index is 0.00171. The number of halogens is 1. The first-order chi connectivity index (χ1) is 32.9. The molecule has 1 aromatic heterocycles. The van der Waals surface area contributed by atoms with Crippen molar-refractivity contribution in [1.82, 2.24) is 30.6 Å². The number of allylic oxidation sites excluding steroid dienone is 1. The van der Waals surface area contributed by atoms with Crippen LogP contribution in [0.15, 0.2) is 109 Å². The number of nitrogens with one attached hydrogen (secondary N) is 3. The second kappa shape index (κ2) is 22.1. The van der Waals surface area contributed by atoms with Crippen LogP contribution in [0, 0.1) is 22.7 Å². The van der Waals surface area contributed by atoms with Gasteiger partial charge in [-0.2, -0.15) is 10.4 Å². The number of nitrogens with zero attached hydrogens (tertiary/aromatic N) is 4. The molecule has 5 aromatic rings. The molecule has 0 aliphatic carbocycles. The fourth-order valence-corrected chi connectivity index (χ4v) is 9.51. The number of aliphatic hydroxyl groups is 1. The summed E-state index contributed by atoms with van der Waals surface area (Å²) in [5, 5.41) is 33.8. The van der Waals surface area contributed by atoms with Crippen LogP contribution in [-0.2, 0) is 27.5 Å². The first-order valence-electron chi connectivity index (χ1n) is 22.9. The standard InChI is InChI=1S/C53H56ClN7O7S/c1-32(29-60-23-22-44(59-60)38-10-11-39(27-55)43(54)25-38)24-47(64)36-14-18-42(19-15-36)68-41-16-12-35(13-17-41)46(63)20-21-48(65)58-50(53(3,4)5)52(67)61-30-40(62)26-45(61)51(66)56-28-34-6-8-37(9-7-34)49-33(2)57-31-69-49/h6-19,22-23,25,32,40,45,50,57,62H,20-21,24,26,28-31H2,1-5H3,(H,56,66)(H,58,65)/t32-,40-,45+,50-/m1/s1. The molecule has 7 rings (SSSR count). The third-order valence-electron chi connectivity index (χ3n) is 12.1. The van der Waals surface area contributed by atoms with Gasteiger partial charge in [0.1, 0.15) is 29.7 Å². The Labute approximate surface area is 411 Å². The number of aliphatic hydroxyl groups excluding tert-OH is 1. The number of carbonyl (C=O) groups excluding carboxylic acids is 5. The van der Waals surface area contributed by atoms with Crippen LogP contribution in [0.3, 0.4) is 0 Å². The number of Topliss-reactive ketones (excluding diaryl/α,β-unsaturated/α-hetero) is 2. The molecule has 0 bridgehead atoms. The Morgan fingerprint density at radius 3 is 2.19 bits per heavy atom. The van der Waals surface area contributed by atoms with Crippen LogP contribution in [0.25, 0.3) is 16.2 Å². The van der Waals surface area contributed by atoms with E-state index in [0.717, 1.165) is 34.0 Å². The summed E-state index contributed by atoms with van der Waals surface area (Å²) in [5.74, 6) is 0.161. The number of likely N-dealkylation sites (tertiary alicyclic amines) is 1. The van der Waals surface area contributed by atoms with Gasteiger partial charge in [-0.1, -0.05) is 69.6 Å². The lowest BCUT2D eigenvalue weighted by Crippen LogP contribution is -2.57. The van der Waals surface area contributed by atoms with E-state index in [4.69, 9.17) is 21.6 Å². The number of carbonyl (C=O) groups is 5. The highest BCUT2D eigenvalue weighted by Gasteiger charge is 2.44. The summed E-state index contributed by atoms with van der Waals surface area (Å²) < 4.78 is 7.78. The molecule has 2 aliphatic heterocycles. The number of β-amino-alcohol motifs (C(OH)–C–C–N with tert-alkyl or cyclic N) is 1. The maximum absolute atomic E-state index is 14.1. The molecule has 3 heterocycles. The Balaban J connectivity index is 0.858. The number of ketones is 2. The van der Waals surface area contributed by atoms with Crippen LogP contribution in [0.1, 0.15) is 97.7 Å². The number of thioether (sulfide) groups is 1. The van der Waals surface area contributed by atoms with Crippen LogP contribution in [0.4, 0.5) is 0 Å². The second-order valence-corrected chi connectivity index (χ2v) is 20.0. The summed E-state index contributed by atoms with van der Waals surface area (Å²) in [4.78, 5) is 69.8. The Morgan fingerprint density at radius 2 is 1.58 bits per heavy atom. The van der Waals surface area contributed by atoms with Crippen LogP contribution in [-0.4, -0.2) is 79.7 Å². The van der Waals surface area contributed by atoms with E-state index >= 15 is 0 Å². The van der Waals surface area contributed by atoms with Crippen LogP contribution < -0.4 is 20.7 Å². The minimum atomic E-state index is -1.02. The molecule has 0 unspecified atom stereocenters. The third-order valence-corrected chi connectivity index (χ3v) is 13.5. The van der Waals surface area contributed by atoms with Gasteiger partial charge in [-0.15, -0.1) is 11.8 Å². The number of amides is 3. The number of aromatic nitrogens is 2. The predicted molar refractivity (Wildman–Crippen MR) is 266 cm³/mol. The lowest BCUT2D eigenvalue weighted by atomic mass is 9.85. The van der Waals surface area contributed by atoms with Crippen molar-refractivity contribution in [2.24, 2.45) is 11.3 Å². The average molecular weight is 971 g/mol. The number of hydrogen-bond donors (Lipinski definition) is 4. The summed E-state index contributed by atoms with van der Waals surface area (Å²) in [6, 6.07) is 28.5. The molecule has 358 valence electrons. The molecule has 2 aliphatic rings. The van der Waals surface area contributed by atoms with Crippen molar-refractivity contribution in [2.45, 2.75) is 91.6 Å². The van der Waals surface area contributed by atoms with Gasteiger partial charge in [0, 0.05) is 78.8 Å². The molecule has 4 atom stereocenters. The van der Waals surface area contributed by atoms with E-state index in [-0.39, 0.29) is 49.8 Å². The first-order valence-corrected chi connectivity index (χ1v) is 24.2. The maximum atomic E-state index is 14.1. The van der Waals surface area contributed by atoms with E-state index in [1.807, 2.05) is 71.1 Å². The quantitative estimate of drug-likeness (QED) is 0.0615. The largest absolute Gasteiger partial charge is 0.457 e. The molecule has 0 saturated carbocycles. The van der Waals surface area contributed by atoms with E-state index in [0.29, 0.717) is 46.2 Å². The molecule has 4 N–H and O–H groups in total. The van der Waals surface area contributed by atoms with Gasteiger partial charge >= 0.3 is 0 Å². The van der Waals surface area contributed by atoms with Crippen molar-refractivity contribution in [1.29, 1.82) is 5.26 Å². The monoisotopic (exact) mass is 969 g/mol. The summed E-state index contributed by atoms with van der Waals surface area (Å²) >= 11 is 7.94. The number of rotatable bonds is 18. The minimum Gasteiger partial charge on any atom is -0.457 e. The maximum Gasteiger partial charge on any atom is 0.246 e. The van der Waals surface area contributed by atoms with Gasteiger partial charge in [-0.3, -0.25) is 28.7 Å². The Kier molecular flexibility index (Phi) is 16.1. The van der Waals surface area contributed by atoms with Crippen LogP contribution in [0.5, 0.6) is 11.5 Å². The summed E-state index contributed by atoms with van der Waals surface area (Å²) in [7, 11) is 0. The molecule has 1 fully saturated rings. The Bertz CT molecular complexity index is 2780. The van der Waals surface area contributed by atoms with Crippen LogP contribution >= 0.6 is 23.4 Å². The van der Waals surface area contributed by atoms with Gasteiger partial charge in [-0.25, -0.2) is 0 Å². The van der Waals surface area contributed by atoms with E-state index in [2.05, 4.69) is 27.1 Å². The molecule has 0 spiro atoms. The first kappa shape index (κ1) is 50.2. The zero-order valence-corrected chi connectivity index (χ0v) is 40.8. The molecule has 4 aromatic carbocycles. The van der Waals surface area contributed by atoms with Gasteiger partial charge in [0.2, 0.25) is 17.7 Å². The van der Waals surface area contributed by atoms with Crippen molar-refractivity contribution >= 4 is 57.6 Å². The van der Waals surface area contributed by atoms with Crippen molar-refractivity contribution in [3.8, 4) is 28.8 Å². The smallest absolute Gasteiger partial charge is 0.246 e. The van der Waals surface area contributed by atoms with Gasteiger partial charge in [-0.05, 0) is 96.1 Å². The third kappa shape index (κ3) is 12.9. The van der Waals surface area contributed by atoms with E-state index in [1.54, 1.807) is 83.2 Å². The van der Waals surface area contributed by atoms with Crippen molar-refractivity contribution < 1.29 is 33.8 Å². The molecule has 16 heteroatoms. The highest BCUT2D eigenvalue weighted by Crippen LogP contribution is 2.34. The highest BCUT2D eigenvalue weighted by atomic mass is 35.5. The van der Waals surface area contributed by atoms with Crippen molar-refractivity contribution in [2.75, 3.05) is 12.4 Å². The summed E-state index contributed by atoms with van der Waals surface area (Å²) in [5.41, 5.74) is 5.21. The molecule has 1 saturated heterocycles. The number of ether oxygens (including phenoxy) is 1. The summed E-state index contributed by atoms with van der Waals surface area (Å²) in [6.45, 7) is 10.2. The molecule has 14 nitrogen and oxygen atoms in total. The van der Waals surface area contributed by atoms with Crippen molar-refractivity contribution in [3.05, 3.63) is 142 Å². The topological polar surface area (TPSA) is 196 Å².